The van der Waals surface area contributed by atoms with Crippen molar-refractivity contribution in [1.29, 1.82) is 0 Å². The van der Waals surface area contributed by atoms with Gasteiger partial charge >= 0.3 is 11.9 Å². The Morgan fingerprint density at radius 2 is 2.00 bits per heavy atom. The second-order valence-electron chi connectivity index (χ2n) is 4.42. The van der Waals surface area contributed by atoms with Gasteiger partial charge in [-0.2, -0.15) is 0 Å². The lowest BCUT2D eigenvalue weighted by Gasteiger charge is -2.09. The summed E-state index contributed by atoms with van der Waals surface area (Å²) in [5, 5.41) is 9.08. The molecular weight excluding hydrogens is 196 g/mol. The van der Waals surface area contributed by atoms with Gasteiger partial charge in [-0.1, -0.05) is 19.9 Å². The van der Waals surface area contributed by atoms with Crippen molar-refractivity contribution in [2.75, 3.05) is 6.61 Å². The minimum absolute atomic E-state index is 0.276. The van der Waals surface area contributed by atoms with Crippen LogP contribution in [-0.2, 0) is 14.3 Å². The Bertz CT molecular complexity index is 317. The lowest BCUT2D eigenvalue weighted by atomic mass is 9.95. The molecule has 0 aromatic rings. The fraction of sp³-hybridized carbons (Fsp3) is 0.636. The second kappa shape index (κ2) is 3.68. The minimum Gasteiger partial charge on any atom is -0.481 e. The van der Waals surface area contributed by atoms with Crippen molar-refractivity contribution in [2.24, 2.45) is 10.8 Å². The maximum atomic E-state index is 11.1. The third-order valence-corrected chi connectivity index (χ3v) is 2.98. The first-order chi connectivity index (χ1) is 6.85. The average Bonchev–Trinajstić information content (AvgIpc) is 2.67. The number of rotatable bonds is 4. The summed E-state index contributed by atoms with van der Waals surface area (Å²) in [5.41, 5.74) is -1.17. The van der Waals surface area contributed by atoms with Gasteiger partial charge < -0.3 is 9.84 Å². The normalized spacial score (nSPS) is 27.7. The maximum Gasteiger partial charge on any atom is 0.330 e. The zero-order valence-electron chi connectivity index (χ0n) is 9.24. The molecule has 1 atom stereocenters. The first-order valence-corrected chi connectivity index (χ1v) is 4.95. The SMILES string of the molecule is CCOC(=O)C=C[C@]1(C(=O)O)CC1(C)C. The number of aliphatic carboxylic acids is 1. The molecule has 15 heavy (non-hydrogen) atoms. The highest BCUT2D eigenvalue weighted by molar-refractivity contribution is 5.87. The van der Waals surface area contributed by atoms with E-state index in [9.17, 15) is 9.59 Å². The van der Waals surface area contributed by atoms with E-state index >= 15 is 0 Å². The van der Waals surface area contributed by atoms with Gasteiger partial charge in [0.2, 0.25) is 0 Å². The number of carbonyl (C=O) groups excluding carboxylic acids is 1. The van der Waals surface area contributed by atoms with Crippen LogP contribution in [0.1, 0.15) is 27.2 Å². The summed E-state index contributed by atoms with van der Waals surface area (Å²) in [6.45, 7) is 5.75. The Balaban J connectivity index is 2.72. The molecule has 0 bridgehead atoms. The first kappa shape index (κ1) is 11.8. The number of carboxylic acid groups (broad SMARTS) is 1. The molecule has 1 saturated carbocycles. The fourth-order valence-corrected chi connectivity index (χ4v) is 1.77. The smallest absolute Gasteiger partial charge is 0.330 e. The van der Waals surface area contributed by atoms with Crippen LogP contribution in [-0.4, -0.2) is 23.7 Å². The summed E-state index contributed by atoms with van der Waals surface area (Å²) in [6.07, 6.45) is 3.23. The Hall–Kier alpha value is -1.32. The van der Waals surface area contributed by atoms with Gasteiger partial charge in [0, 0.05) is 6.08 Å². The summed E-state index contributed by atoms with van der Waals surface area (Å²) in [6, 6.07) is 0. The van der Waals surface area contributed by atoms with E-state index in [1.807, 2.05) is 13.8 Å². The van der Waals surface area contributed by atoms with Crippen molar-refractivity contribution in [1.82, 2.24) is 0 Å². The van der Waals surface area contributed by atoms with Crippen LogP contribution in [0.5, 0.6) is 0 Å². The fourth-order valence-electron chi connectivity index (χ4n) is 1.77. The second-order valence-corrected chi connectivity index (χ2v) is 4.42. The predicted molar refractivity (Wildman–Crippen MR) is 54.2 cm³/mol. The number of carbonyl (C=O) groups is 2. The quantitative estimate of drug-likeness (QED) is 0.568. The molecule has 1 fully saturated rings. The monoisotopic (exact) mass is 212 g/mol. The van der Waals surface area contributed by atoms with Crippen LogP contribution in [0.4, 0.5) is 0 Å². The van der Waals surface area contributed by atoms with E-state index in [0.29, 0.717) is 13.0 Å². The molecule has 4 heteroatoms. The number of hydrogen-bond donors (Lipinski definition) is 1. The summed E-state index contributed by atoms with van der Waals surface area (Å²) in [4.78, 5) is 22.1. The van der Waals surface area contributed by atoms with Crippen molar-refractivity contribution >= 4 is 11.9 Å². The topological polar surface area (TPSA) is 63.6 Å². The molecule has 0 aliphatic heterocycles. The van der Waals surface area contributed by atoms with Gasteiger partial charge in [-0.3, -0.25) is 4.79 Å². The number of ether oxygens (including phenoxy) is 1. The van der Waals surface area contributed by atoms with Crippen molar-refractivity contribution in [3.8, 4) is 0 Å². The molecule has 1 aliphatic rings. The molecule has 0 aromatic carbocycles. The highest BCUT2D eigenvalue weighted by atomic mass is 16.5. The Kier molecular flexibility index (Phi) is 2.88. The van der Waals surface area contributed by atoms with Crippen molar-refractivity contribution < 1.29 is 19.4 Å². The maximum absolute atomic E-state index is 11.1. The van der Waals surface area contributed by atoms with Crippen molar-refractivity contribution in [2.45, 2.75) is 27.2 Å². The third-order valence-electron chi connectivity index (χ3n) is 2.98. The molecular formula is C11H16O4. The molecule has 0 radical (unpaired) electrons. The van der Waals surface area contributed by atoms with Crippen LogP contribution in [0, 0.1) is 10.8 Å². The number of carboxylic acids is 1. The summed E-state index contributed by atoms with van der Waals surface area (Å²) in [7, 11) is 0. The molecule has 1 aliphatic carbocycles. The molecule has 0 unspecified atom stereocenters. The van der Waals surface area contributed by atoms with Crippen LogP contribution < -0.4 is 0 Å². The Morgan fingerprint density at radius 1 is 1.47 bits per heavy atom. The van der Waals surface area contributed by atoms with Crippen LogP contribution in [0.3, 0.4) is 0 Å². The standard InChI is InChI=1S/C11H16O4/c1-4-15-8(12)5-6-11(9(13)14)7-10(11,2)3/h5-6H,4,7H2,1-3H3,(H,13,14)/t11-/m1/s1. The Labute approximate surface area is 88.9 Å². The van der Waals surface area contributed by atoms with Gasteiger partial charge in [-0.15, -0.1) is 0 Å². The highest BCUT2D eigenvalue weighted by Crippen LogP contribution is 2.64. The zero-order chi connectivity index (χ0) is 11.7. The molecule has 0 spiro atoms. The first-order valence-electron chi connectivity index (χ1n) is 4.95. The van der Waals surface area contributed by atoms with Crippen LogP contribution >= 0.6 is 0 Å². The van der Waals surface area contributed by atoms with Crippen LogP contribution in [0.15, 0.2) is 12.2 Å². The highest BCUT2D eigenvalue weighted by Gasteiger charge is 2.65. The minimum atomic E-state index is -0.889. The lowest BCUT2D eigenvalue weighted by molar-refractivity contribution is -0.142. The van der Waals surface area contributed by atoms with E-state index in [1.165, 1.54) is 12.2 Å². The predicted octanol–water partition coefficient (Wildman–Crippen LogP) is 1.61. The van der Waals surface area contributed by atoms with E-state index in [2.05, 4.69) is 0 Å². The molecule has 0 heterocycles. The van der Waals surface area contributed by atoms with Gasteiger partial charge in [0.25, 0.3) is 0 Å². The molecule has 0 aromatic heterocycles. The largest absolute Gasteiger partial charge is 0.481 e. The third kappa shape index (κ3) is 2.03. The van der Waals surface area contributed by atoms with Crippen molar-refractivity contribution in [3.63, 3.8) is 0 Å². The summed E-state index contributed by atoms with van der Waals surface area (Å²) >= 11 is 0. The number of esters is 1. The molecule has 0 saturated heterocycles. The van der Waals surface area contributed by atoms with Crippen molar-refractivity contribution in [3.05, 3.63) is 12.2 Å². The average molecular weight is 212 g/mol. The van der Waals surface area contributed by atoms with Gasteiger partial charge in [-0.05, 0) is 18.8 Å². The lowest BCUT2D eigenvalue weighted by Crippen LogP contribution is -2.18. The van der Waals surface area contributed by atoms with Crippen LogP contribution in [0.2, 0.25) is 0 Å². The summed E-state index contributed by atoms with van der Waals surface area (Å²) in [5.74, 6) is -1.37. The van der Waals surface area contributed by atoms with E-state index < -0.39 is 17.4 Å². The van der Waals surface area contributed by atoms with E-state index in [0.717, 1.165) is 0 Å². The molecule has 1 N–H and O–H groups in total. The molecule has 0 amide bonds. The van der Waals surface area contributed by atoms with Crippen LogP contribution in [0.25, 0.3) is 0 Å². The van der Waals surface area contributed by atoms with Gasteiger partial charge in [-0.25, -0.2) is 4.79 Å². The van der Waals surface area contributed by atoms with Gasteiger partial charge in [0.1, 0.15) is 0 Å². The zero-order valence-corrected chi connectivity index (χ0v) is 9.24. The molecule has 4 nitrogen and oxygen atoms in total. The van der Waals surface area contributed by atoms with Gasteiger partial charge in [0.15, 0.2) is 0 Å². The van der Waals surface area contributed by atoms with E-state index in [-0.39, 0.29) is 5.41 Å². The molecule has 84 valence electrons. The number of hydrogen-bond acceptors (Lipinski definition) is 3. The van der Waals surface area contributed by atoms with Gasteiger partial charge in [0.05, 0.1) is 12.0 Å². The van der Waals surface area contributed by atoms with E-state index in [1.54, 1.807) is 6.92 Å². The summed E-state index contributed by atoms with van der Waals surface area (Å²) < 4.78 is 4.69. The molecule has 1 rings (SSSR count). The Morgan fingerprint density at radius 3 is 2.33 bits per heavy atom. The van der Waals surface area contributed by atoms with E-state index in [4.69, 9.17) is 9.84 Å².